The summed E-state index contributed by atoms with van der Waals surface area (Å²) in [6, 6.07) is 21.4. The number of rotatable bonds is 7. The molecule has 0 spiro atoms. The molecule has 0 unspecified atom stereocenters. The summed E-state index contributed by atoms with van der Waals surface area (Å²) >= 11 is 1.27. The van der Waals surface area contributed by atoms with Crippen molar-refractivity contribution in [2.24, 2.45) is 5.10 Å². The second kappa shape index (κ2) is 9.94. The standard InChI is InChI=1S/C26H22N6O2S/c1-17-12-18(2)29-26(28-17)35-16-24(33)30-27-14-20-15-32(21-9-4-3-5-10-21)31-25(20)23-13-19-8-6-7-11-22(19)34-23/h3-15H,16H2,1-2H3,(H,30,33)/b27-14+. The Labute approximate surface area is 206 Å². The Kier molecular flexibility index (Phi) is 6.40. The van der Waals surface area contributed by atoms with Gasteiger partial charge in [-0.25, -0.2) is 20.1 Å². The van der Waals surface area contributed by atoms with Crippen molar-refractivity contribution < 1.29 is 9.21 Å². The van der Waals surface area contributed by atoms with Crippen molar-refractivity contribution in [1.82, 2.24) is 25.2 Å². The van der Waals surface area contributed by atoms with Gasteiger partial charge in [0.1, 0.15) is 11.3 Å². The monoisotopic (exact) mass is 482 g/mol. The van der Waals surface area contributed by atoms with E-state index in [4.69, 9.17) is 9.52 Å². The predicted molar refractivity (Wildman–Crippen MR) is 137 cm³/mol. The lowest BCUT2D eigenvalue weighted by Crippen LogP contribution is -2.19. The lowest BCUT2D eigenvalue weighted by Gasteiger charge is -2.02. The Morgan fingerprint density at radius 3 is 2.57 bits per heavy atom. The molecule has 2 aromatic carbocycles. The lowest BCUT2D eigenvalue weighted by atomic mass is 10.2. The minimum Gasteiger partial charge on any atom is -0.454 e. The van der Waals surface area contributed by atoms with Crippen LogP contribution in [0.2, 0.25) is 0 Å². The van der Waals surface area contributed by atoms with Gasteiger partial charge < -0.3 is 4.42 Å². The van der Waals surface area contributed by atoms with Gasteiger partial charge in [-0.15, -0.1) is 0 Å². The lowest BCUT2D eigenvalue weighted by molar-refractivity contribution is -0.118. The third-order valence-corrected chi connectivity index (χ3v) is 5.96. The van der Waals surface area contributed by atoms with Gasteiger partial charge in [0.25, 0.3) is 5.91 Å². The molecule has 5 rings (SSSR count). The van der Waals surface area contributed by atoms with Crippen LogP contribution in [0.25, 0.3) is 28.1 Å². The topological polar surface area (TPSA) is 98.2 Å². The molecule has 174 valence electrons. The van der Waals surface area contributed by atoms with Crippen molar-refractivity contribution >= 4 is 34.9 Å². The highest BCUT2D eigenvalue weighted by molar-refractivity contribution is 7.99. The van der Waals surface area contributed by atoms with E-state index < -0.39 is 0 Å². The Balaban J connectivity index is 1.36. The van der Waals surface area contributed by atoms with E-state index in [0.717, 1.165) is 28.0 Å². The average molecular weight is 483 g/mol. The van der Waals surface area contributed by atoms with Gasteiger partial charge in [0.05, 0.1) is 17.7 Å². The number of hydrazone groups is 1. The van der Waals surface area contributed by atoms with Crippen LogP contribution in [0.15, 0.2) is 87.6 Å². The van der Waals surface area contributed by atoms with Gasteiger partial charge in [0.2, 0.25) is 0 Å². The first kappa shape index (κ1) is 22.5. The molecule has 3 heterocycles. The van der Waals surface area contributed by atoms with E-state index in [2.05, 4.69) is 20.5 Å². The van der Waals surface area contributed by atoms with Crippen LogP contribution in [0.5, 0.6) is 0 Å². The molecule has 1 amide bonds. The number of aryl methyl sites for hydroxylation is 2. The average Bonchev–Trinajstić information content (AvgIpc) is 3.47. The molecule has 0 fully saturated rings. The number of carbonyl (C=O) groups excluding carboxylic acids is 1. The Hall–Kier alpha value is -4.24. The zero-order chi connectivity index (χ0) is 24.2. The van der Waals surface area contributed by atoms with Gasteiger partial charge in [-0.05, 0) is 44.2 Å². The number of benzene rings is 2. The van der Waals surface area contributed by atoms with Gasteiger partial charge >= 0.3 is 0 Å². The number of amides is 1. The van der Waals surface area contributed by atoms with Crippen LogP contribution in [0, 0.1) is 13.8 Å². The quantitative estimate of drug-likeness (QED) is 0.153. The van der Waals surface area contributed by atoms with Gasteiger partial charge in [0, 0.05) is 28.5 Å². The molecule has 8 nitrogen and oxygen atoms in total. The number of hydrogen-bond acceptors (Lipinski definition) is 7. The van der Waals surface area contributed by atoms with E-state index in [1.807, 2.05) is 86.8 Å². The smallest absolute Gasteiger partial charge is 0.250 e. The van der Waals surface area contributed by atoms with Crippen LogP contribution in [0.3, 0.4) is 0 Å². The molecule has 0 atom stereocenters. The van der Waals surface area contributed by atoms with Crippen LogP contribution in [-0.2, 0) is 4.79 Å². The first-order chi connectivity index (χ1) is 17.0. The molecule has 9 heteroatoms. The summed E-state index contributed by atoms with van der Waals surface area (Å²) in [5.41, 5.74) is 7.32. The van der Waals surface area contributed by atoms with Crippen LogP contribution in [0.1, 0.15) is 17.0 Å². The van der Waals surface area contributed by atoms with Crippen molar-refractivity contribution in [3.63, 3.8) is 0 Å². The van der Waals surface area contributed by atoms with Crippen molar-refractivity contribution in [1.29, 1.82) is 0 Å². The van der Waals surface area contributed by atoms with E-state index in [0.29, 0.717) is 22.2 Å². The maximum Gasteiger partial charge on any atom is 0.250 e. The van der Waals surface area contributed by atoms with E-state index in [1.54, 1.807) is 10.9 Å². The van der Waals surface area contributed by atoms with Crippen LogP contribution in [0.4, 0.5) is 0 Å². The summed E-state index contributed by atoms with van der Waals surface area (Å²) in [4.78, 5) is 21.0. The molecular weight excluding hydrogens is 460 g/mol. The van der Waals surface area contributed by atoms with E-state index >= 15 is 0 Å². The zero-order valence-corrected chi connectivity index (χ0v) is 20.0. The van der Waals surface area contributed by atoms with Crippen molar-refractivity contribution in [2.75, 3.05) is 5.75 Å². The molecule has 0 aliphatic heterocycles. The highest BCUT2D eigenvalue weighted by Gasteiger charge is 2.15. The molecule has 3 aromatic heterocycles. The second-order valence-electron chi connectivity index (χ2n) is 7.88. The minimum atomic E-state index is -0.255. The fourth-order valence-corrected chi connectivity index (χ4v) is 4.32. The molecule has 0 aliphatic carbocycles. The van der Waals surface area contributed by atoms with Crippen molar-refractivity contribution in [3.05, 3.63) is 89.9 Å². The number of nitrogens with zero attached hydrogens (tertiary/aromatic N) is 5. The van der Waals surface area contributed by atoms with E-state index in [-0.39, 0.29) is 11.7 Å². The van der Waals surface area contributed by atoms with Crippen LogP contribution < -0.4 is 5.43 Å². The Morgan fingerprint density at radius 1 is 1.06 bits per heavy atom. The van der Waals surface area contributed by atoms with Gasteiger partial charge in [-0.3, -0.25) is 4.79 Å². The molecule has 0 radical (unpaired) electrons. The van der Waals surface area contributed by atoms with Crippen LogP contribution in [-0.4, -0.2) is 37.6 Å². The number of para-hydroxylation sites is 2. The number of hydrogen-bond donors (Lipinski definition) is 1. The minimum absolute atomic E-state index is 0.153. The summed E-state index contributed by atoms with van der Waals surface area (Å²) in [7, 11) is 0. The fraction of sp³-hybridized carbons (Fsp3) is 0.115. The molecule has 35 heavy (non-hydrogen) atoms. The SMILES string of the molecule is Cc1cc(C)nc(SCC(=O)N/N=C/c2cn(-c3ccccc3)nc2-c2cc3ccccc3o2)n1. The van der Waals surface area contributed by atoms with Crippen molar-refractivity contribution in [3.8, 4) is 17.1 Å². The predicted octanol–water partition coefficient (Wildman–Crippen LogP) is 4.93. The number of furan rings is 1. The molecule has 0 saturated heterocycles. The Morgan fingerprint density at radius 2 is 1.80 bits per heavy atom. The van der Waals surface area contributed by atoms with Gasteiger partial charge in [-0.2, -0.15) is 10.2 Å². The molecule has 0 saturated carbocycles. The highest BCUT2D eigenvalue weighted by atomic mass is 32.2. The molecule has 0 bridgehead atoms. The molecule has 5 aromatic rings. The maximum absolute atomic E-state index is 12.3. The molecular formula is C26H22N6O2S. The third kappa shape index (κ3) is 5.30. The van der Waals surface area contributed by atoms with Gasteiger partial charge in [0.15, 0.2) is 10.9 Å². The highest BCUT2D eigenvalue weighted by Crippen LogP contribution is 2.29. The van der Waals surface area contributed by atoms with Crippen molar-refractivity contribution in [2.45, 2.75) is 19.0 Å². The number of thioether (sulfide) groups is 1. The zero-order valence-electron chi connectivity index (χ0n) is 19.2. The normalized spacial score (nSPS) is 11.4. The Bertz CT molecular complexity index is 1470. The molecule has 0 aliphatic rings. The number of nitrogens with one attached hydrogen (secondary N) is 1. The van der Waals surface area contributed by atoms with E-state index in [1.165, 1.54) is 11.8 Å². The van der Waals surface area contributed by atoms with E-state index in [9.17, 15) is 4.79 Å². The first-order valence-corrected chi connectivity index (χ1v) is 11.9. The number of carbonyl (C=O) groups is 1. The third-order valence-electron chi connectivity index (χ3n) is 5.11. The largest absolute Gasteiger partial charge is 0.454 e. The summed E-state index contributed by atoms with van der Waals surface area (Å²) in [6.07, 6.45) is 3.43. The summed E-state index contributed by atoms with van der Waals surface area (Å²) in [5, 5.41) is 10.4. The van der Waals surface area contributed by atoms with Gasteiger partial charge in [-0.1, -0.05) is 48.2 Å². The summed E-state index contributed by atoms with van der Waals surface area (Å²) in [5.74, 6) is 0.519. The summed E-state index contributed by atoms with van der Waals surface area (Å²) in [6.45, 7) is 3.80. The van der Waals surface area contributed by atoms with Crippen LogP contribution >= 0.6 is 11.8 Å². The number of fused-ring (bicyclic) bond motifs is 1. The number of aromatic nitrogens is 4. The first-order valence-electron chi connectivity index (χ1n) is 11.0. The summed E-state index contributed by atoms with van der Waals surface area (Å²) < 4.78 is 7.80. The second-order valence-corrected chi connectivity index (χ2v) is 8.82. The fourth-order valence-electron chi connectivity index (χ4n) is 3.58. The maximum atomic E-state index is 12.3. The molecule has 1 N–H and O–H groups in total.